The fraction of sp³-hybridized carbons (Fsp3) is 0.800. The average molecular weight is 300 g/mol. The molecule has 122 valence electrons. The van der Waals surface area contributed by atoms with Crippen LogP contribution in [0.15, 0.2) is 0 Å². The van der Waals surface area contributed by atoms with Gasteiger partial charge in [0.05, 0.1) is 7.11 Å². The van der Waals surface area contributed by atoms with Crippen molar-refractivity contribution in [1.82, 2.24) is 10.6 Å². The van der Waals surface area contributed by atoms with Crippen LogP contribution in [0.25, 0.3) is 0 Å². The highest BCUT2D eigenvalue weighted by atomic mass is 16.5. The SMILES string of the molecule is COC(=O)NCCCCCC(=O)NCCCCCC(C)=O. The number of amides is 2. The summed E-state index contributed by atoms with van der Waals surface area (Å²) in [5.41, 5.74) is 0. The highest BCUT2D eigenvalue weighted by Crippen LogP contribution is 2.01. The molecule has 0 aliphatic rings. The Morgan fingerprint density at radius 3 is 1.95 bits per heavy atom. The summed E-state index contributed by atoms with van der Waals surface area (Å²) < 4.78 is 4.45. The Hall–Kier alpha value is -1.59. The van der Waals surface area contributed by atoms with Gasteiger partial charge in [0.2, 0.25) is 5.91 Å². The number of hydrogen-bond acceptors (Lipinski definition) is 4. The average Bonchev–Trinajstić information content (AvgIpc) is 2.45. The quantitative estimate of drug-likeness (QED) is 0.541. The molecule has 0 bridgehead atoms. The van der Waals surface area contributed by atoms with E-state index in [1.807, 2.05) is 0 Å². The third-order valence-corrected chi connectivity index (χ3v) is 3.06. The summed E-state index contributed by atoms with van der Waals surface area (Å²) in [7, 11) is 1.33. The Morgan fingerprint density at radius 2 is 1.38 bits per heavy atom. The van der Waals surface area contributed by atoms with Crippen molar-refractivity contribution in [2.75, 3.05) is 20.2 Å². The molecule has 0 aromatic rings. The number of methoxy groups -OCH3 is 1. The van der Waals surface area contributed by atoms with Crippen molar-refractivity contribution in [2.24, 2.45) is 0 Å². The number of unbranched alkanes of at least 4 members (excludes halogenated alkanes) is 4. The fourth-order valence-electron chi connectivity index (χ4n) is 1.84. The van der Waals surface area contributed by atoms with Gasteiger partial charge < -0.3 is 20.2 Å². The van der Waals surface area contributed by atoms with Gasteiger partial charge in [0.15, 0.2) is 0 Å². The summed E-state index contributed by atoms with van der Waals surface area (Å²) in [4.78, 5) is 33.0. The van der Waals surface area contributed by atoms with Crippen molar-refractivity contribution in [1.29, 1.82) is 0 Å². The van der Waals surface area contributed by atoms with Crippen LogP contribution in [0.4, 0.5) is 4.79 Å². The first-order valence-corrected chi connectivity index (χ1v) is 7.64. The number of alkyl carbamates (subject to hydrolysis) is 1. The maximum atomic E-state index is 11.5. The van der Waals surface area contributed by atoms with E-state index in [-0.39, 0.29) is 11.7 Å². The van der Waals surface area contributed by atoms with Gasteiger partial charge in [-0.2, -0.15) is 0 Å². The monoisotopic (exact) mass is 300 g/mol. The van der Waals surface area contributed by atoms with Crippen LogP contribution in [-0.4, -0.2) is 38.0 Å². The summed E-state index contributed by atoms with van der Waals surface area (Å²) in [5.74, 6) is 0.295. The van der Waals surface area contributed by atoms with Crippen LogP contribution < -0.4 is 10.6 Å². The lowest BCUT2D eigenvalue weighted by Crippen LogP contribution is -2.25. The normalized spacial score (nSPS) is 10.0. The van der Waals surface area contributed by atoms with E-state index in [9.17, 15) is 14.4 Å². The number of ether oxygens (including phenoxy) is 1. The molecule has 0 spiro atoms. The predicted molar refractivity (Wildman–Crippen MR) is 81.0 cm³/mol. The van der Waals surface area contributed by atoms with Crippen molar-refractivity contribution in [2.45, 2.75) is 58.3 Å². The lowest BCUT2D eigenvalue weighted by Gasteiger charge is -2.05. The highest BCUT2D eigenvalue weighted by molar-refractivity contribution is 5.76. The van der Waals surface area contributed by atoms with Crippen LogP contribution in [0.3, 0.4) is 0 Å². The molecule has 0 aliphatic carbocycles. The minimum Gasteiger partial charge on any atom is -0.453 e. The molecule has 0 aromatic carbocycles. The molecule has 2 amide bonds. The second kappa shape index (κ2) is 13.4. The van der Waals surface area contributed by atoms with E-state index >= 15 is 0 Å². The number of ketones is 1. The molecule has 0 aromatic heterocycles. The molecule has 0 saturated carbocycles. The number of carbonyl (C=O) groups excluding carboxylic acids is 3. The van der Waals surface area contributed by atoms with Crippen molar-refractivity contribution < 1.29 is 19.1 Å². The lowest BCUT2D eigenvalue weighted by molar-refractivity contribution is -0.121. The second-order valence-electron chi connectivity index (χ2n) is 5.09. The Morgan fingerprint density at radius 1 is 0.810 bits per heavy atom. The molecule has 6 heteroatoms. The summed E-state index contributed by atoms with van der Waals surface area (Å²) >= 11 is 0. The van der Waals surface area contributed by atoms with E-state index in [0.29, 0.717) is 25.9 Å². The molecule has 0 rings (SSSR count). The Bertz CT molecular complexity index is 319. The smallest absolute Gasteiger partial charge is 0.406 e. The van der Waals surface area contributed by atoms with Crippen molar-refractivity contribution in [3.63, 3.8) is 0 Å². The van der Waals surface area contributed by atoms with Gasteiger partial charge in [0.25, 0.3) is 0 Å². The maximum absolute atomic E-state index is 11.5. The summed E-state index contributed by atoms with van der Waals surface area (Å²) in [5, 5.41) is 5.47. The Balaban J connectivity index is 3.27. The third kappa shape index (κ3) is 14.6. The van der Waals surface area contributed by atoms with Crippen molar-refractivity contribution in [3.8, 4) is 0 Å². The van der Waals surface area contributed by atoms with Crippen LogP contribution in [0.5, 0.6) is 0 Å². The molecular weight excluding hydrogens is 272 g/mol. The van der Waals surface area contributed by atoms with E-state index in [1.165, 1.54) is 7.11 Å². The number of hydrogen-bond donors (Lipinski definition) is 2. The topological polar surface area (TPSA) is 84.5 Å². The van der Waals surface area contributed by atoms with Gasteiger partial charge in [0.1, 0.15) is 5.78 Å². The van der Waals surface area contributed by atoms with E-state index in [2.05, 4.69) is 15.4 Å². The van der Waals surface area contributed by atoms with Gasteiger partial charge in [-0.15, -0.1) is 0 Å². The van der Waals surface area contributed by atoms with E-state index in [4.69, 9.17) is 0 Å². The zero-order chi connectivity index (χ0) is 15.9. The molecule has 0 heterocycles. The van der Waals surface area contributed by atoms with Gasteiger partial charge in [-0.25, -0.2) is 4.79 Å². The number of carbonyl (C=O) groups is 3. The van der Waals surface area contributed by atoms with Crippen molar-refractivity contribution in [3.05, 3.63) is 0 Å². The number of nitrogens with one attached hydrogen (secondary N) is 2. The maximum Gasteiger partial charge on any atom is 0.406 e. The predicted octanol–water partition coefficient (Wildman–Crippen LogP) is 2.17. The minimum atomic E-state index is -0.419. The van der Waals surface area contributed by atoms with Crippen LogP contribution in [-0.2, 0) is 14.3 Å². The fourth-order valence-corrected chi connectivity index (χ4v) is 1.84. The molecule has 2 N–H and O–H groups in total. The third-order valence-electron chi connectivity index (χ3n) is 3.06. The zero-order valence-electron chi connectivity index (χ0n) is 13.2. The minimum absolute atomic E-state index is 0.0718. The number of rotatable bonds is 12. The zero-order valence-corrected chi connectivity index (χ0v) is 13.2. The molecule has 0 radical (unpaired) electrons. The molecule has 0 saturated heterocycles. The highest BCUT2D eigenvalue weighted by Gasteiger charge is 2.01. The van der Waals surface area contributed by atoms with Gasteiger partial charge >= 0.3 is 6.09 Å². The molecule has 0 unspecified atom stereocenters. The first-order valence-electron chi connectivity index (χ1n) is 7.64. The standard InChI is InChI=1S/C15H28N2O4/c1-13(18)9-5-3-7-11-16-14(19)10-6-4-8-12-17-15(20)21-2/h3-12H2,1-2H3,(H,16,19)(H,17,20). The van der Waals surface area contributed by atoms with Crippen LogP contribution in [0.1, 0.15) is 58.3 Å². The molecule has 21 heavy (non-hydrogen) atoms. The van der Waals surface area contributed by atoms with Gasteiger partial charge in [-0.3, -0.25) is 4.79 Å². The van der Waals surface area contributed by atoms with Crippen LogP contribution >= 0.6 is 0 Å². The largest absolute Gasteiger partial charge is 0.453 e. The van der Waals surface area contributed by atoms with Crippen LogP contribution in [0, 0.1) is 0 Å². The molecule has 6 nitrogen and oxygen atoms in total. The van der Waals surface area contributed by atoms with Gasteiger partial charge in [-0.1, -0.05) is 12.8 Å². The summed E-state index contributed by atoms with van der Waals surface area (Å²) in [6.07, 6.45) is 6.08. The molecular formula is C15H28N2O4. The molecule has 0 aliphatic heterocycles. The summed E-state index contributed by atoms with van der Waals surface area (Å²) in [6.45, 7) is 2.85. The van der Waals surface area contributed by atoms with E-state index in [1.54, 1.807) is 6.92 Å². The molecule has 0 atom stereocenters. The van der Waals surface area contributed by atoms with Crippen molar-refractivity contribution >= 4 is 17.8 Å². The van der Waals surface area contributed by atoms with Gasteiger partial charge in [0, 0.05) is 25.9 Å². The summed E-state index contributed by atoms with van der Waals surface area (Å²) in [6, 6.07) is 0. The van der Waals surface area contributed by atoms with Gasteiger partial charge in [-0.05, 0) is 32.6 Å². The second-order valence-corrected chi connectivity index (χ2v) is 5.09. The first kappa shape index (κ1) is 19.4. The first-order chi connectivity index (χ1) is 10.1. The Kier molecular flexibility index (Phi) is 12.4. The lowest BCUT2D eigenvalue weighted by atomic mass is 10.1. The molecule has 0 fully saturated rings. The van der Waals surface area contributed by atoms with E-state index in [0.717, 1.165) is 38.5 Å². The van der Waals surface area contributed by atoms with E-state index < -0.39 is 6.09 Å². The van der Waals surface area contributed by atoms with Crippen LogP contribution in [0.2, 0.25) is 0 Å². The Labute approximate surface area is 127 Å². The number of Topliss-reactive ketones (excluding diaryl/α,β-unsaturated/α-hetero) is 1.